The van der Waals surface area contributed by atoms with Crippen molar-refractivity contribution in [2.45, 2.75) is 31.1 Å². The van der Waals surface area contributed by atoms with Gasteiger partial charge in [0.05, 0.1) is 6.61 Å². The Morgan fingerprint density at radius 2 is 2.11 bits per heavy atom. The van der Waals surface area contributed by atoms with Gasteiger partial charge in [0.25, 0.3) is 0 Å². The lowest BCUT2D eigenvalue weighted by Crippen LogP contribution is -2.21. The van der Waals surface area contributed by atoms with Crippen LogP contribution in [0.1, 0.15) is 31.4 Å². The average molecular weight is 281 g/mol. The Morgan fingerprint density at radius 3 is 2.84 bits per heavy atom. The van der Waals surface area contributed by atoms with Crippen LogP contribution in [-0.2, 0) is 4.74 Å². The van der Waals surface area contributed by atoms with E-state index in [4.69, 9.17) is 15.2 Å². The fourth-order valence-electron chi connectivity index (χ4n) is 2.25. The fourth-order valence-corrected chi connectivity index (χ4v) is 3.43. The minimum absolute atomic E-state index is 0.0376. The summed E-state index contributed by atoms with van der Waals surface area (Å²) in [5, 5.41) is 0.694. The van der Waals surface area contributed by atoms with Crippen LogP contribution in [0, 0.1) is 0 Å². The number of rotatable bonds is 6. The van der Waals surface area contributed by atoms with Crippen LogP contribution in [0.15, 0.2) is 24.3 Å². The van der Waals surface area contributed by atoms with E-state index in [9.17, 15) is 0 Å². The van der Waals surface area contributed by atoms with E-state index in [1.165, 1.54) is 0 Å². The molecule has 0 radical (unpaired) electrons. The molecule has 106 valence electrons. The van der Waals surface area contributed by atoms with Crippen LogP contribution >= 0.6 is 11.8 Å². The van der Waals surface area contributed by atoms with E-state index in [2.05, 4.69) is 6.07 Å². The van der Waals surface area contributed by atoms with Crippen LogP contribution in [0.25, 0.3) is 0 Å². The summed E-state index contributed by atoms with van der Waals surface area (Å²) in [7, 11) is 0. The van der Waals surface area contributed by atoms with E-state index in [0.29, 0.717) is 11.9 Å². The molecule has 1 atom stereocenters. The molecule has 0 aliphatic carbocycles. The minimum atomic E-state index is 0.0376. The molecular weight excluding hydrogens is 258 g/mol. The molecule has 0 spiro atoms. The summed E-state index contributed by atoms with van der Waals surface area (Å²) in [4.78, 5) is 0. The molecule has 4 heteroatoms. The second-order valence-corrected chi connectivity index (χ2v) is 6.06. The summed E-state index contributed by atoms with van der Waals surface area (Å²) in [6.45, 7) is 4.46. The Kier molecular flexibility index (Phi) is 6.01. The molecule has 3 nitrogen and oxygen atoms in total. The largest absolute Gasteiger partial charge is 0.494 e. The minimum Gasteiger partial charge on any atom is -0.494 e. The van der Waals surface area contributed by atoms with Crippen molar-refractivity contribution >= 4 is 11.8 Å². The first-order valence-electron chi connectivity index (χ1n) is 6.98. The van der Waals surface area contributed by atoms with Crippen molar-refractivity contribution in [3.05, 3.63) is 29.8 Å². The number of nitrogens with two attached hydrogens (primary N) is 1. The lowest BCUT2D eigenvalue weighted by molar-refractivity contribution is 0.1000. The zero-order chi connectivity index (χ0) is 13.5. The Labute approximate surface area is 119 Å². The number of hydrogen-bond acceptors (Lipinski definition) is 4. The molecule has 0 aromatic heterocycles. The van der Waals surface area contributed by atoms with Crippen molar-refractivity contribution in [2.75, 3.05) is 25.6 Å². The van der Waals surface area contributed by atoms with Gasteiger partial charge in [-0.1, -0.05) is 18.2 Å². The van der Waals surface area contributed by atoms with Gasteiger partial charge in [0.1, 0.15) is 5.75 Å². The summed E-state index contributed by atoms with van der Waals surface area (Å²) in [5.74, 6) is 1.86. The lowest BCUT2D eigenvalue weighted by atomic mass is 10.1. The van der Waals surface area contributed by atoms with Gasteiger partial charge in [-0.25, -0.2) is 0 Å². The maximum absolute atomic E-state index is 6.31. The smallest absolute Gasteiger partial charge is 0.124 e. The fraction of sp³-hybridized carbons (Fsp3) is 0.600. The molecule has 0 saturated carbocycles. The van der Waals surface area contributed by atoms with E-state index in [-0.39, 0.29) is 6.04 Å². The van der Waals surface area contributed by atoms with Gasteiger partial charge < -0.3 is 15.2 Å². The Bertz CT molecular complexity index is 380. The van der Waals surface area contributed by atoms with E-state index in [1.807, 2.05) is 36.9 Å². The first-order chi connectivity index (χ1) is 9.31. The quantitative estimate of drug-likeness (QED) is 0.870. The second-order valence-electron chi connectivity index (χ2n) is 4.72. The molecule has 1 aliphatic heterocycles. The van der Waals surface area contributed by atoms with E-state index < -0.39 is 0 Å². The molecule has 0 amide bonds. The standard InChI is InChI=1S/C15H23NO2S/c1-2-18-15-6-4-3-5-13(15)14(16)11-19-12-7-9-17-10-8-12/h3-6,12,14H,2,7-11,16H2,1H3. The van der Waals surface area contributed by atoms with Crippen LogP contribution in [0.2, 0.25) is 0 Å². The predicted octanol–water partition coefficient (Wildman–Crippen LogP) is 3.00. The van der Waals surface area contributed by atoms with Crippen molar-refractivity contribution in [1.29, 1.82) is 0 Å². The zero-order valence-electron chi connectivity index (χ0n) is 11.5. The molecular formula is C15H23NO2S. The van der Waals surface area contributed by atoms with Crippen molar-refractivity contribution in [2.24, 2.45) is 5.73 Å². The number of ether oxygens (including phenoxy) is 2. The molecule has 1 heterocycles. The van der Waals surface area contributed by atoms with Gasteiger partial charge in [-0.05, 0) is 25.8 Å². The first kappa shape index (κ1) is 14.7. The highest BCUT2D eigenvalue weighted by Gasteiger charge is 2.17. The normalized spacial score (nSPS) is 18.2. The third-order valence-electron chi connectivity index (χ3n) is 3.30. The molecule has 1 aromatic carbocycles. The van der Waals surface area contributed by atoms with Crippen molar-refractivity contribution in [3.63, 3.8) is 0 Å². The highest BCUT2D eigenvalue weighted by molar-refractivity contribution is 7.99. The third-order valence-corrected chi connectivity index (χ3v) is 4.79. The van der Waals surface area contributed by atoms with Gasteiger partial charge in [0.2, 0.25) is 0 Å². The summed E-state index contributed by atoms with van der Waals surface area (Å²) in [6, 6.07) is 8.12. The molecule has 2 N–H and O–H groups in total. The molecule has 1 fully saturated rings. The molecule has 2 rings (SSSR count). The number of benzene rings is 1. The number of hydrogen-bond donors (Lipinski definition) is 1. The van der Waals surface area contributed by atoms with Crippen LogP contribution in [0.5, 0.6) is 5.75 Å². The summed E-state index contributed by atoms with van der Waals surface area (Å²) < 4.78 is 11.0. The van der Waals surface area contributed by atoms with Crippen molar-refractivity contribution in [3.8, 4) is 5.75 Å². The Hall–Kier alpha value is -0.710. The summed E-state index contributed by atoms with van der Waals surface area (Å²) in [6.07, 6.45) is 2.29. The summed E-state index contributed by atoms with van der Waals surface area (Å²) >= 11 is 1.97. The predicted molar refractivity (Wildman–Crippen MR) is 80.8 cm³/mol. The maximum atomic E-state index is 6.31. The third kappa shape index (κ3) is 4.41. The van der Waals surface area contributed by atoms with E-state index in [0.717, 1.165) is 43.1 Å². The van der Waals surface area contributed by atoms with E-state index >= 15 is 0 Å². The average Bonchev–Trinajstić information content (AvgIpc) is 2.47. The highest BCUT2D eigenvalue weighted by Crippen LogP contribution is 2.29. The van der Waals surface area contributed by atoms with Gasteiger partial charge in [-0.2, -0.15) is 11.8 Å². The monoisotopic (exact) mass is 281 g/mol. The van der Waals surface area contributed by atoms with Crippen LogP contribution in [-0.4, -0.2) is 30.8 Å². The molecule has 19 heavy (non-hydrogen) atoms. The van der Waals surface area contributed by atoms with Crippen molar-refractivity contribution in [1.82, 2.24) is 0 Å². The maximum Gasteiger partial charge on any atom is 0.124 e. The highest BCUT2D eigenvalue weighted by atomic mass is 32.2. The Morgan fingerprint density at radius 1 is 1.37 bits per heavy atom. The topological polar surface area (TPSA) is 44.5 Å². The second kappa shape index (κ2) is 7.78. The van der Waals surface area contributed by atoms with Gasteiger partial charge in [-0.15, -0.1) is 0 Å². The van der Waals surface area contributed by atoms with Crippen LogP contribution < -0.4 is 10.5 Å². The number of thioether (sulfide) groups is 1. The Balaban J connectivity index is 1.89. The molecule has 1 saturated heterocycles. The van der Waals surface area contributed by atoms with Gasteiger partial charge in [0, 0.05) is 35.8 Å². The molecule has 1 aromatic rings. The van der Waals surface area contributed by atoms with Crippen LogP contribution in [0.4, 0.5) is 0 Å². The molecule has 1 aliphatic rings. The SMILES string of the molecule is CCOc1ccccc1C(N)CSC1CCOCC1. The van der Waals surface area contributed by atoms with Gasteiger partial charge in [-0.3, -0.25) is 0 Å². The first-order valence-corrected chi connectivity index (χ1v) is 8.02. The lowest BCUT2D eigenvalue weighted by Gasteiger charge is -2.23. The molecule has 0 bridgehead atoms. The molecule has 1 unspecified atom stereocenters. The van der Waals surface area contributed by atoms with Gasteiger partial charge in [0.15, 0.2) is 0 Å². The number of para-hydroxylation sites is 1. The van der Waals surface area contributed by atoms with Crippen molar-refractivity contribution < 1.29 is 9.47 Å². The van der Waals surface area contributed by atoms with Crippen LogP contribution in [0.3, 0.4) is 0 Å². The van der Waals surface area contributed by atoms with Gasteiger partial charge >= 0.3 is 0 Å². The summed E-state index contributed by atoms with van der Waals surface area (Å²) in [5.41, 5.74) is 7.43. The zero-order valence-corrected chi connectivity index (χ0v) is 12.3. The van der Waals surface area contributed by atoms with E-state index in [1.54, 1.807) is 0 Å².